The molecular weight excluding hydrogens is 256 g/mol. The van der Waals surface area contributed by atoms with Gasteiger partial charge in [0.05, 0.1) is 7.11 Å². The maximum absolute atomic E-state index is 11.3. The second kappa shape index (κ2) is 6.27. The first kappa shape index (κ1) is 15.5. The van der Waals surface area contributed by atoms with E-state index >= 15 is 0 Å². The van der Waals surface area contributed by atoms with E-state index in [1.54, 1.807) is 4.72 Å². The Labute approximate surface area is 101 Å². The number of carbonyl (C=O) groups is 1. The largest absolute Gasteiger partial charge is 0.452 e. The molecule has 0 aliphatic carbocycles. The lowest BCUT2D eigenvalue weighted by Gasteiger charge is -2.23. The highest BCUT2D eigenvalue weighted by atomic mass is 35.5. The number of hydrogen-bond acceptors (Lipinski definition) is 4. The lowest BCUT2D eigenvalue weighted by molar-refractivity contribution is 0.177. The summed E-state index contributed by atoms with van der Waals surface area (Å²) in [4.78, 5) is 10.7. The molecule has 0 unspecified atom stereocenters. The van der Waals surface area contributed by atoms with Crippen LogP contribution in [0, 0.1) is 5.41 Å². The second-order valence-corrected chi connectivity index (χ2v) is 5.90. The second-order valence-electron chi connectivity index (χ2n) is 4.02. The molecule has 0 aromatic rings. The Hall–Kier alpha value is -0.530. The van der Waals surface area contributed by atoms with Gasteiger partial charge >= 0.3 is 16.3 Å². The zero-order valence-corrected chi connectivity index (χ0v) is 11.1. The van der Waals surface area contributed by atoms with E-state index < -0.39 is 16.3 Å². The summed E-state index contributed by atoms with van der Waals surface area (Å²) in [6, 6.07) is 0. The molecule has 0 aliphatic heterocycles. The first-order chi connectivity index (χ1) is 7.22. The van der Waals surface area contributed by atoms with E-state index in [2.05, 4.69) is 9.46 Å². The molecule has 96 valence electrons. The molecule has 2 N–H and O–H groups in total. The number of carbonyl (C=O) groups excluding carboxylic acids is 1. The van der Waals surface area contributed by atoms with Gasteiger partial charge in [0.1, 0.15) is 0 Å². The molecule has 0 fully saturated rings. The summed E-state index contributed by atoms with van der Waals surface area (Å²) in [7, 11) is -2.78. The van der Waals surface area contributed by atoms with Crippen molar-refractivity contribution in [2.45, 2.75) is 20.3 Å². The standard InChI is InChI=1S/C8H17ClN2O4S/c1-8(2,4-5-9)6-10-16(13,14)11-7(12)15-3/h10H,4-6H2,1-3H3,(H,11,12). The number of rotatable bonds is 6. The monoisotopic (exact) mass is 272 g/mol. The Bertz CT molecular complexity index is 329. The van der Waals surface area contributed by atoms with Crippen molar-refractivity contribution in [1.29, 1.82) is 0 Å². The van der Waals surface area contributed by atoms with Gasteiger partial charge in [0.2, 0.25) is 0 Å². The van der Waals surface area contributed by atoms with Crippen LogP contribution in [-0.2, 0) is 14.9 Å². The molecule has 0 saturated heterocycles. The van der Waals surface area contributed by atoms with E-state index in [1.807, 2.05) is 13.8 Å². The van der Waals surface area contributed by atoms with Gasteiger partial charge in [0.15, 0.2) is 0 Å². The number of alkyl halides is 1. The molecule has 0 bridgehead atoms. The number of ether oxygens (including phenoxy) is 1. The van der Waals surface area contributed by atoms with Crippen LogP contribution in [0.1, 0.15) is 20.3 Å². The maximum atomic E-state index is 11.3. The van der Waals surface area contributed by atoms with E-state index in [0.29, 0.717) is 12.3 Å². The molecule has 0 rings (SSSR count). The Morgan fingerprint density at radius 3 is 2.44 bits per heavy atom. The number of nitrogens with one attached hydrogen (secondary N) is 2. The minimum absolute atomic E-state index is 0.187. The van der Waals surface area contributed by atoms with Crippen LogP contribution < -0.4 is 9.44 Å². The van der Waals surface area contributed by atoms with Crippen LogP contribution >= 0.6 is 11.6 Å². The Kier molecular flexibility index (Phi) is 6.06. The number of amides is 1. The summed E-state index contributed by atoms with van der Waals surface area (Å²) in [6.45, 7) is 3.93. The molecule has 0 saturated carbocycles. The molecule has 6 nitrogen and oxygen atoms in total. The van der Waals surface area contributed by atoms with Crippen LogP contribution in [0.15, 0.2) is 0 Å². The third-order valence-electron chi connectivity index (χ3n) is 1.92. The number of hydrogen-bond donors (Lipinski definition) is 2. The molecule has 16 heavy (non-hydrogen) atoms. The van der Waals surface area contributed by atoms with E-state index in [-0.39, 0.29) is 12.0 Å². The fourth-order valence-electron chi connectivity index (χ4n) is 0.822. The van der Waals surface area contributed by atoms with E-state index in [1.165, 1.54) is 0 Å². The predicted octanol–water partition coefficient (Wildman–Crippen LogP) is 0.832. The van der Waals surface area contributed by atoms with E-state index in [9.17, 15) is 13.2 Å². The van der Waals surface area contributed by atoms with Crippen LogP contribution in [0.3, 0.4) is 0 Å². The average Bonchev–Trinajstić information content (AvgIpc) is 2.14. The molecule has 0 spiro atoms. The van der Waals surface area contributed by atoms with Crippen LogP contribution in [0.4, 0.5) is 4.79 Å². The lowest BCUT2D eigenvalue weighted by Crippen LogP contribution is -2.43. The van der Waals surface area contributed by atoms with Crippen molar-refractivity contribution in [2.75, 3.05) is 19.5 Å². The lowest BCUT2D eigenvalue weighted by atomic mass is 9.91. The summed E-state index contributed by atoms with van der Waals surface area (Å²) in [5, 5.41) is 0. The van der Waals surface area contributed by atoms with Gasteiger partial charge in [-0.15, -0.1) is 11.6 Å². The van der Waals surface area contributed by atoms with Gasteiger partial charge in [-0.25, -0.2) is 9.52 Å². The SMILES string of the molecule is COC(=O)NS(=O)(=O)NCC(C)(C)CCCl. The molecule has 0 aromatic heterocycles. The quantitative estimate of drug-likeness (QED) is 0.702. The normalized spacial score (nSPS) is 12.2. The third kappa shape index (κ3) is 6.86. The average molecular weight is 273 g/mol. The minimum atomic E-state index is -3.86. The van der Waals surface area contributed by atoms with Crippen LogP contribution in [0.5, 0.6) is 0 Å². The fraction of sp³-hybridized carbons (Fsp3) is 0.875. The van der Waals surface area contributed by atoms with Crippen LogP contribution in [0.25, 0.3) is 0 Å². The van der Waals surface area contributed by atoms with Gasteiger partial charge in [-0.1, -0.05) is 13.8 Å². The Balaban J connectivity index is 4.24. The number of methoxy groups -OCH3 is 1. The van der Waals surface area contributed by atoms with Crippen molar-refractivity contribution < 1.29 is 17.9 Å². The Morgan fingerprint density at radius 1 is 1.44 bits per heavy atom. The molecule has 1 amide bonds. The summed E-state index contributed by atoms with van der Waals surface area (Å²) in [6.07, 6.45) is -0.363. The first-order valence-corrected chi connectivity index (χ1v) is 6.65. The smallest absolute Gasteiger partial charge is 0.421 e. The van der Waals surface area contributed by atoms with Gasteiger partial charge in [-0.05, 0) is 11.8 Å². The van der Waals surface area contributed by atoms with Gasteiger partial charge in [0, 0.05) is 12.4 Å². The topological polar surface area (TPSA) is 84.5 Å². The zero-order chi connectivity index (χ0) is 12.8. The van der Waals surface area contributed by atoms with Gasteiger partial charge < -0.3 is 4.74 Å². The van der Waals surface area contributed by atoms with Gasteiger partial charge in [-0.3, -0.25) is 0 Å². The van der Waals surface area contributed by atoms with E-state index in [0.717, 1.165) is 7.11 Å². The van der Waals surface area contributed by atoms with Crippen molar-refractivity contribution in [3.8, 4) is 0 Å². The van der Waals surface area contributed by atoms with Crippen molar-refractivity contribution in [3.63, 3.8) is 0 Å². The summed E-state index contributed by atoms with van der Waals surface area (Å²) >= 11 is 5.58. The highest BCUT2D eigenvalue weighted by Crippen LogP contribution is 2.19. The minimum Gasteiger partial charge on any atom is -0.452 e. The highest BCUT2D eigenvalue weighted by molar-refractivity contribution is 7.88. The fourth-order valence-corrected chi connectivity index (χ4v) is 2.29. The predicted molar refractivity (Wildman–Crippen MR) is 61.6 cm³/mol. The zero-order valence-electron chi connectivity index (χ0n) is 9.54. The molecular formula is C8H17ClN2O4S. The summed E-state index contributed by atoms with van der Waals surface area (Å²) in [5.74, 6) is 0.444. The van der Waals surface area contributed by atoms with Crippen LogP contribution in [-0.4, -0.2) is 34.0 Å². The van der Waals surface area contributed by atoms with Crippen molar-refractivity contribution >= 4 is 27.9 Å². The van der Waals surface area contributed by atoms with Crippen molar-refractivity contribution in [1.82, 2.24) is 9.44 Å². The third-order valence-corrected chi connectivity index (χ3v) is 3.06. The van der Waals surface area contributed by atoms with E-state index in [4.69, 9.17) is 11.6 Å². The molecule has 0 atom stereocenters. The molecule has 0 aromatic carbocycles. The van der Waals surface area contributed by atoms with Gasteiger partial charge in [-0.2, -0.15) is 13.1 Å². The summed E-state index contributed by atoms with van der Waals surface area (Å²) < 4.78 is 30.7. The maximum Gasteiger partial charge on any atom is 0.421 e. The molecule has 0 heterocycles. The first-order valence-electron chi connectivity index (χ1n) is 4.64. The number of halogens is 1. The van der Waals surface area contributed by atoms with Crippen molar-refractivity contribution in [3.05, 3.63) is 0 Å². The van der Waals surface area contributed by atoms with Crippen molar-refractivity contribution in [2.24, 2.45) is 5.41 Å². The molecule has 0 radical (unpaired) electrons. The van der Waals surface area contributed by atoms with Gasteiger partial charge in [0.25, 0.3) is 0 Å². The summed E-state index contributed by atoms with van der Waals surface area (Å²) in [5.41, 5.74) is -0.271. The molecule has 0 aliphatic rings. The Morgan fingerprint density at radius 2 is 2.00 bits per heavy atom. The highest BCUT2D eigenvalue weighted by Gasteiger charge is 2.21. The van der Waals surface area contributed by atoms with Crippen LogP contribution in [0.2, 0.25) is 0 Å². The molecule has 8 heteroatoms.